The highest BCUT2D eigenvalue weighted by molar-refractivity contribution is 6.03. The van der Waals surface area contributed by atoms with E-state index in [0.29, 0.717) is 17.1 Å². The summed E-state index contributed by atoms with van der Waals surface area (Å²) >= 11 is 0. The van der Waals surface area contributed by atoms with Gasteiger partial charge in [0.15, 0.2) is 11.5 Å². The molecule has 0 saturated heterocycles. The second kappa shape index (κ2) is 12.4. The molecule has 3 aromatic rings. The maximum Gasteiger partial charge on any atom is 0.287 e. The molecule has 0 atom stereocenters. The lowest BCUT2D eigenvalue weighted by Crippen LogP contribution is -2.34. The molecule has 4 rings (SSSR count). The number of aromatic amines is 1. The number of anilines is 1. The maximum atomic E-state index is 12.1. The highest BCUT2D eigenvalue weighted by atomic mass is 16.3. The Morgan fingerprint density at radius 2 is 1.59 bits per heavy atom. The second-order valence-corrected chi connectivity index (χ2v) is 8.11. The average molecular weight is 466 g/mol. The van der Waals surface area contributed by atoms with E-state index < -0.39 is 5.91 Å². The number of likely N-dealkylation sites (N-methyl/N-ethyl adjacent to an activating group) is 1. The molecule has 2 aromatic heterocycles. The van der Waals surface area contributed by atoms with Crippen molar-refractivity contribution in [3.63, 3.8) is 0 Å². The Balaban J connectivity index is 0.000000469. The minimum absolute atomic E-state index is 0.102. The number of H-pyrrole nitrogens is 1. The Bertz CT molecular complexity index is 1090. The van der Waals surface area contributed by atoms with Crippen LogP contribution in [0.1, 0.15) is 65.3 Å². The predicted molar refractivity (Wildman–Crippen MR) is 130 cm³/mol. The number of nitrogens with one attached hydrogen (secondary N) is 4. The fraction of sp³-hybridized carbons (Fsp3) is 0.360. The number of aromatic nitrogens is 2. The molecule has 3 amide bonds. The minimum Gasteiger partial charge on any atom is -0.451 e. The summed E-state index contributed by atoms with van der Waals surface area (Å²) < 4.78 is 5.55. The first kappa shape index (κ1) is 24.8. The van der Waals surface area contributed by atoms with E-state index in [1.807, 2.05) is 6.92 Å². The number of furan rings is 1. The zero-order chi connectivity index (χ0) is 24.3. The third-order valence-electron chi connectivity index (χ3n) is 5.38. The van der Waals surface area contributed by atoms with Crippen LogP contribution in [0.15, 0.2) is 46.9 Å². The van der Waals surface area contributed by atoms with Gasteiger partial charge in [-0.25, -0.2) is 0 Å². The van der Waals surface area contributed by atoms with Crippen LogP contribution in [0.4, 0.5) is 5.69 Å². The molecule has 0 radical (unpaired) electrons. The Morgan fingerprint density at radius 3 is 2.15 bits per heavy atom. The maximum absolute atomic E-state index is 12.1. The summed E-state index contributed by atoms with van der Waals surface area (Å²) in [6, 6.07) is 11.8. The van der Waals surface area contributed by atoms with Crippen LogP contribution in [-0.4, -0.2) is 41.5 Å². The fourth-order valence-corrected chi connectivity index (χ4v) is 3.46. The van der Waals surface area contributed by atoms with Gasteiger partial charge in [0.05, 0.1) is 6.54 Å². The Hall–Kier alpha value is -3.88. The minimum atomic E-state index is -0.479. The van der Waals surface area contributed by atoms with Crippen molar-refractivity contribution < 1.29 is 18.8 Å². The number of hydrogen-bond donors (Lipinski definition) is 4. The van der Waals surface area contributed by atoms with Crippen LogP contribution in [0.2, 0.25) is 0 Å². The highest BCUT2D eigenvalue weighted by Crippen LogP contribution is 2.24. The van der Waals surface area contributed by atoms with E-state index in [1.165, 1.54) is 51.6 Å². The number of aryl methyl sites for hydroxylation is 1. The third-order valence-corrected chi connectivity index (χ3v) is 5.38. The number of rotatable bonds is 6. The lowest BCUT2D eigenvalue weighted by molar-refractivity contribution is -0.119. The van der Waals surface area contributed by atoms with E-state index in [0.717, 1.165) is 11.3 Å². The topological polar surface area (TPSA) is 129 Å². The molecule has 1 fully saturated rings. The van der Waals surface area contributed by atoms with Crippen molar-refractivity contribution in [1.82, 2.24) is 20.8 Å². The molecular formula is C25H31N5O4. The third kappa shape index (κ3) is 7.33. The number of amides is 3. The Kier molecular flexibility index (Phi) is 9.02. The molecule has 2 heterocycles. The normalized spacial score (nSPS) is 12.8. The summed E-state index contributed by atoms with van der Waals surface area (Å²) in [5, 5.41) is 14.3. The molecule has 1 aliphatic rings. The van der Waals surface area contributed by atoms with Gasteiger partial charge in [-0.3, -0.25) is 19.5 Å². The number of carbonyl (C=O) groups is 3. The van der Waals surface area contributed by atoms with Crippen LogP contribution in [0.25, 0.3) is 11.3 Å². The number of hydrogen-bond acceptors (Lipinski definition) is 5. The summed E-state index contributed by atoms with van der Waals surface area (Å²) in [4.78, 5) is 35.3. The molecule has 1 aromatic carbocycles. The Morgan fingerprint density at radius 1 is 0.941 bits per heavy atom. The molecule has 180 valence electrons. The molecule has 9 nitrogen and oxygen atoms in total. The molecule has 9 heteroatoms. The SMILES string of the molecule is C1CCCCC1.CNC(=O)CNC(=O)c1ccc(-c2ccc(NC(=O)c3cc(C)[nH]n3)cc2)o1. The van der Waals surface area contributed by atoms with Crippen molar-refractivity contribution in [3.8, 4) is 11.3 Å². The first-order chi connectivity index (χ1) is 16.5. The van der Waals surface area contributed by atoms with Crippen molar-refractivity contribution >= 4 is 23.4 Å². The van der Waals surface area contributed by atoms with Crippen LogP contribution in [0, 0.1) is 6.92 Å². The van der Waals surface area contributed by atoms with Crippen LogP contribution in [0.3, 0.4) is 0 Å². The van der Waals surface area contributed by atoms with Gasteiger partial charge in [-0.2, -0.15) is 5.10 Å². The molecular weight excluding hydrogens is 434 g/mol. The number of nitrogens with zero attached hydrogens (tertiary/aromatic N) is 1. The fourth-order valence-electron chi connectivity index (χ4n) is 3.46. The van der Waals surface area contributed by atoms with Crippen molar-refractivity contribution in [1.29, 1.82) is 0 Å². The zero-order valence-electron chi connectivity index (χ0n) is 19.6. The number of benzene rings is 1. The average Bonchev–Trinajstić information content (AvgIpc) is 3.54. The smallest absolute Gasteiger partial charge is 0.287 e. The van der Waals surface area contributed by atoms with E-state index in [4.69, 9.17) is 4.42 Å². The van der Waals surface area contributed by atoms with Crippen molar-refractivity contribution in [2.75, 3.05) is 18.9 Å². The van der Waals surface area contributed by atoms with E-state index >= 15 is 0 Å². The highest BCUT2D eigenvalue weighted by Gasteiger charge is 2.14. The van der Waals surface area contributed by atoms with E-state index in [9.17, 15) is 14.4 Å². The molecule has 0 spiro atoms. The van der Waals surface area contributed by atoms with E-state index in [2.05, 4.69) is 26.1 Å². The predicted octanol–water partition coefficient (Wildman–Crippen LogP) is 4.05. The van der Waals surface area contributed by atoms with Crippen molar-refractivity contribution in [2.45, 2.75) is 45.4 Å². The van der Waals surface area contributed by atoms with Gasteiger partial charge in [-0.05, 0) is 49.4 Å². The van der Waals surface area contributed by atoms with Crippen LogP contribution >= 0.6 is 0 Å². The largest absolute Gasteiger partial charge is 0.451 e. The van der Waals surface area contributed by atoms with Gasteiger partial charge in [0.2, 0.25) is 5.91 Å². The standard InChI is InChI=1S/C19H19N5O4.C6H12/c1-11-9-14(24-23-11)18(26)22-13-5-3-12(4-6-13)15-7-8-16(28-15)19(27)21-10-17(25)20-2;1-2-4-6-5-3-1/h3-9H,10H2,1-2H3,(H,20,25)(H,21,27)(H,22,26)(H,23,24);1-6H2. The van der Waals surface area contributed by atoms with Crippen LogP contribution in [0.5, 0.6) is 0 Å². The molecule has 0 bridgehead atoms. The number of carbonyl (C=O) groups excluding carboxylic acids is 3. The lowest BCUT2D eigenvalue weighted by atomic mass is 10.0. The quantitative estimate of drug-likeness (QED) is 0.437. The molecule has 0 unspecified atom stereocenters. The van der Waals surface area contributed by atoms with Gasteiger partial charge < -0.3 is 20.4 Å². The van der Waals surface area contributed by atoms with Gasteiger partial charge >= 0.3 is 0 Å². The first-order valence-electron chi connectivity index (χ1n) is 11.5. The van der Waals surface area contributed by atoms with Crippen molar-refractivity contribution in [3.05, 3.63) is 59.6 Å². The monoisotopic (exact) mass is 465 g/mol. The van der Waals surface area contributed by atoms with E-state index in [1.54, 1.807) is 36.4 Å². The van der Waals surface area contributed by atoms with Crippen LogP contribution in [-0.2, 0) is 4.79 Å². The van der Waals surface area contributed by atoms with Crippen molar-refractivity contribution in [2.24, 2.45) is 0 Å². The molecule has 1 saturated carbocycles. The summed E-state index contributed by atoms with van der Waals surface area (Å²) in [5.74, 6) is -0.503. The summed E-state index contributed by atoms with van der Waals surface area (Å²) in [6.07, 6.45) is 9.00. The molecule has 34 heavy (non-hydrogen) atoms. The van der Waals surface area contributed by atoms with Gasteiger partial charge in [-0.1, -0.05) is 38.5 Å². The Labute approximate surface area is 198 Å². The molecule has 0 aliphatic heterocycles. The van der Waals surface area contributed by atoms with Gasteiger partial charge in [0.25, 0.3) is 11.8 Å². The molecule has 1 aliphatic carbocycles. The summed E-state index contributed by atoms with van der Waals surface area (Å²) in [5.41, 5.74) is 2.44. The summed E-state index contributed by atoms with van der Waals surface area (Å²) in [6.45, 7) is 1.68. The van der Waals surface area contributed by atoms with Gasteiger partial charge in [0.1, 0.15) is 5.76 Å². The molecule has 4 N–H and O–H groups in total. The van der Waals surface area contributed by atoms with Gasteiger partial charge in [-0.15, -0.1) is 0 Å². The van der Waals surface area contributed by atoms with Gasteiger partial charge in [0, 0.05) is 24.0 Å². The zero-order valence-corrected chi connectivity index (χ0v) is 19.6. The second-order valence-electron chi connectivity index (χ2n) is 8.11. The summed E-state index contributed by atoms with van der Waals surface area (Å²) in [7, 11) is 1.49. The van der Waals surface area contributed by atoms with E-state index in [-0.39, 0.29) is 24.1 Å². The van der Waals surface area contributed by atoms with Crippen LogP contribution < -0.4 is 16.0 Å². The lowest BCUT2D eigenvalue weighted by Gasteiger charge is -2.05. The first-order valence-corrected chi connectivity index (χ1v) is 11.5.